The van der Waals surface area contributed by atoms with Crippen LogP contribution in [-0.4, -0.2) is 34.2 Å². The van der Waals surface area contributed by atoms with E-state index >= 15 is 0 Å². The smallest absolute Gasteiger partial charge is 0.305 e. The van der Waals surface area contributed by atoms with E-state index in [1.165, 1.54) is 16.7 Å². The molecule has 0 radical (unpaired) electrons. The summed E-state index contributed by atoms with van der Waals surface area (Å²) in [7, 11) is 0. The molecule has 22 heavy (non-hydrogen) atoms. The highest BCUT2D eigenvalue weighted by Crippen LogP contribution is 2.32. The van der Waals surface area contributed by atoms with E-state index in [1.54, 1.807) is 24.5 Å². The summed E-state index contributed by atoms with van der Waals surface area (Å²) in [5.41, 5.74) is 0. The third-order valence-corrected chi connectivity index (χ3v) is 4.30. The van der Waals surface area contributed by atoms with Gasteiger partial charge in [-0.15, -0.1) is 0 Å². The minimum absolute atomic E-state index is 0.145. The number of nitrogens with zero attached hydrogens (tertiary/aromatic N) is 1. The first-order valence-electron chi connectivity index (χ1n) is 7.06. The Morgan fingerprint density at radius 1 is 1.55 bits per heavy atom. The van der Waals surface area contributed by atoms with Gasteiger partial charge in [-0.25, -0.2) is 0 Å². The summed E-state index contributed by atoms with van der Waals surface area (Å²) in [5.74, 6) is 0.232. The average molecular weight is 339 g/mol. The van der Waals surface area contributed by atoms with E-state index in [9.17, 15) is 9.59 Å². The van der Waals surface area contributed by atoms with Gasteiger partial charge < -0.3 is 9.15 Å². The lowest BCUT2D eigenvalue weighted by molar-refractivity contribution is -0.144. The topological polar surface area (TPSA) is 59.8 Å². The fraction of sp³-hybridized carbons (Fsp3) is 0.400. The summed E-state index contributed by atoms with van der Waals surface area (Å²) < 4.78 is 10.7. The monoisotopic (exact) mass is 339 g/mol. The van der Waals surface area contributed by atoms with Gasteiger partial charge in [0.15, 0.2) is 0 Å². The van der Waals surface area contributed by atoms with Crippen molar-refractivity contribution in [2.45, 2.75) is 26.2 Å². The second kappa shape index (κ2) is 8.14. The lowest BCUT2D eigenvalue weighted by atomic mass is 10.3. The largest absolute Gasteiger partial charge is 0.466 e. The first kappa shape index (κ1) is 16.8. The first-order chi connectivity index (χ1) is 10.6. The lowest BCUT2D eigenvalue weighted by Crippen LogP contribution is -2.29. The van der Waals surface area contributed by atoms with Crippen molar-refractivity contribution in [3.8, 4) is 0 Å². The zero-order chi connectivity index (χ0) is 15.9. The fourth-order valence-electron chi connectivity index (χ4n) is 1.86. The highest BCUT2D eigenvalue weighted by molar-refractivity contribution is 8.26. The Labute approximate surface area is 138 Å². The van der Waals surface area contributed by atoms with E-state index < -0.39 is 0 Å². The summed E-state index contributed by atoms with van der Waals surface area (Å²) in [6, 6.07) is 3.53. The van der Waals surface area contributed by atoms with Crippen molar-refractivity contribution in [1.29, 1.82) is 0 Å². The van der Waals surface area contributed by atoms with Crippen molar-refractivity contribution >= 4 is 46.3 Å². The highest BCUT2D eigenvalue weighted by atomic mass is 32.2. The third kappa shape index (κ3) is 4.45. The van der Waals surface area contributed by atoms with Crippen LogP contribution < -0.4 is 0 Å². The first-order valence-corrected chi connectivity index (χ1v) is 8.28. The van der Waals surface area contributed by atoms with Gasteiger partial charge >= 0.3 is 5.97 Å². The second-order valence-corrected chi connectivity index (χ2v) is 6.35. The Morgan fingerprint density at radius 3 is 3.05 bits per heavy atom. The molecule has 1 aliphatic heterocycles. The van der Waals surface area contributed by atoms with Gasteiger partial charge in [-0.2, -0.15) is 0 Å². The van der Waals surface area contributed by atoms with Crippen LogP contribution in [0.2, 0.25) is 0 Å². The summed E-state index contributed by atoms with van der Waals surface area (Å²) >= 11 is 6.47. The lowest BCUT2D eigenvalue weighted by Gasteiger charge is -2.13. The minimum Gasteiger partial charge on any atom is -0.466 e. The van der Waals surface area contributed by atoms with Crippen molar-refractivity contribution in [3.63, 3.8) is 0 Å². The molecule has 0 aliphatic carbocycles. The standard InChI is InChI=1S/C15H17NO4S2/c1-2-8-20-13(17)6-3-7-16-14(18)12(22-15(16)21)10-11-5-4-9-19-11/h4-5,9-10H,2-3,6-8H2,1H3. The molecule has 0 N–H and O–H groups in total. The maximum absolute atomic E-state index is 12.3. The quantitative estimate of drug-likeness (QED) is 0.432. The van der Waals surface area contributed by atoms with Crippen LogP contribution in [0, 0.1) is 0 Å². The number of esters is 1. The summed E-state index contributed by atoms with van der Waals surface area (Å²) in [4.78, 5) is 25.8. The Morgan fingerprint density at radius 2 is 2.36 bits per heavy atom. The van der Waals surface area contributed by atoms with Crippen molar-refractivity contribution in [1.82, 2.24) is 4.90 Å². The number of furan rings is 1. The number of carbonyl (C=O) groups is 2. The second-order valence-electron chi connectivity index (χ2n) is 4.67. The van der Waals surface area contributed by atoms with Crippen LogP contribution in [0.15, 0.2) is 27.7 Å². The Hall–Kier alpha value is -1.60. The average Bonchev–Trinajstić information content (AvgIpc) is 3.09. The van der Waals surface area contributed by atoms with Gasteiger partial charge in [0, 0.05) is 19.0 Å². The van der Waals surface area contributed by atoms with Gasteiger partial charge in [0.2, 0.25) is 0 Å². The number of hydrogen-bond donors (Lipinski definition) is 0. The zero-order valence-corrected chi connectivity index (χ0v) is 13.9. The van der Waals surface area contributed by atoms with Gasteiger partial charge in [0.05, 0.1) is 17.8 Å². The van der Waals surface area contributed by atoms with Crippen LogP contribution in [0.25, 0.3) is 6.08 Å². The van der Waals surface area contributed by atoms with E-state index in [1.807, 2.05) is 6.92 Å². The van der Waals surface area contributed by atoms with Crippen LogP contribution >= 0.6 is 24.0 Å². The van der Waals surface area contributed by atoms with Crippen LogP contribution in [0.3, 0.4) is 0 Å². The number of thiocarbonyl (C=S) groups is 1. The number of amides is 1. The van der Waals surface area contributed by atoms with Gasteiger partial charge in [-0.3, -0.25) is 14.5 Å². The van der Waals surface area contributed by atoms with E-state index in [2.05, 4.69) is 0 Å². The van der Waals surface area contributed by atoms with Gasteiger partial charge in [0.25, 0.3) is 5.91 Å². The van der Waals surface area contributed by atoms with Gasteiger partial charge in [-0.05, 0) is 25.0 Å². The van der Waals surface area contributed by atoms with Gasteiger partial charge in [0.1, 0.15) is 10.1 Å². The Bertz CT molecular complexity index is 580. The maximum atomic E-state index is 12.3. The molecule has 0 bridgehead atoms. The molecule has 5 nitrogen and oxygen atoms in total. The number of rotatable bonds is 7. The van der Waals surface area contributed by atoms with E-state index in [0.29, 0.717) is 34.6 Å². The summed E-state index contributed by atoms with van der Waals surface area (Å²) in [5, 5.41) is 0. The van der Waals surface area contributed by atoms with Crippen LogP contribution in [-0.2, 0) is 14.3 Å². The molecule has 1 aliphatic rings. The number of thioether (sulfide) groups is 1. The molecule has 0 spiro atoms. The number of carbonyl (C=O) groups excluding carboxylic acids is 2. The van der Waals surface area contributed by atoms with E-state index in [0.717, 1.165) is 6.42 Å². The van der Waals surface area contributed by atoms with Gasteiger partial charge in [-0.1, -0.05) is 30.9 Å². The molecular formula is C15H17NO4S2. The molecule has 0 saturated carbocycles. The summed E-state index contributed by atoms with van der Waals surface area (Å²) in [6.45, 7) is 2.80. The minimum atomic E-state index is -0.238. The molecule has 2 rings (SSSR count). The van der Waals surface area contributed by atoms with Crippen LogP contribution in [0.1, 0.15) is 31.9 Å². The highest BCUT2D eigenvalue weighted by Gasteiger charge is 2.31. The zero-order valence-electron chi connectivity index (χ0n) is 12.2. The molecule has 2 heterocycles. The molecule has 1 aromatic heterocycles. The third-order valence-electron chi connectivity index (χ3n) is 2.92. The summed E-state index contributed by atoms with van der Waals surface area (Å²) in [6.07, 6.45) is 4.85. The molecular weight excluding hydrogens is 322 g/mol. The van der Waals surface area contributed by atoms with E-state index in [-0.39, 0.29) is 18.3 Å². The van der Waals surface area contributed by atoms with Crippen molar-refractivity contribution in [2.75, 3.05) is 13.2 Å². The maximum Gasteiger partial charge on any atom is 0.305 e. The molecule has 1 saturated heterocycles. The van der Waals surface area contributed by atoms with Crippen molar-refractivity contribution < 1.29 is 18.7 Å². The SMILES string of the molecule is CCCOC(=O)CCCN1C(=O)C(=Cc2ccco2)SC1=S. The van der Waals surface area contributed by atoms with Crippen LogP contribution in [0.5, 0.6) is 0 Å². The Kier molecular flexibility index (Phi) is 6.21. The predicted octanol–water partition coefficient (Wildman–Crippen LogP) is 3.21. The molecule has 0 aromatic carbocycles. The van der Waals surface area contributed by atoms with Crippen LogP contribution in [0.4, 0.5) is 0 Å². The predicted molar refractivity (Wildman–Crippen MR) is 89.1 cm³/mol. The molecule has 1 fully saturated rings. The van der Waals surface area contributed by atoms with E-state index in [4.69, 9.17) is 21.4 Å². The molecule has 1 aromatic rings. The van der Waals surface area contributed by atoms with Crippen molar-refractivity contribution in [3.05, 3.63) is 29.1 Å². The number of hydrogen-bond acceptors (Lipinski definition) is 6. The normalized spacial score (nSPS) is 16.6. The van der Waals surface area contributed by atoms with Crippen molar-refractivity contribution in [2.24, 2.45) is 0 Å². The fourth-order valence-corrected chi connectivity index (χ4v) is 3.15. The number of ether oxygens (including phenoxy) is 1. The molecule has 7 heteroatoms. The molecule has 0 atom stereocenters. The Balaban J connectivity index is 1.86. The molecule has 118 valence electrons. The molecule has 0 unspecified atom stereocenters. The molecule has 1 amide bonds.